The minimum absolute atomic E-state index is 0.569. The maximum absolute atomic E-state index is 11.2. The van der Waals surface area contributed by atoms with Crippen molar-refractivity contribution in [2.45, 2.75) is 32.6 Å². The Morgan fingerprint density at radius 1 is 1.57 bits per heavy atom. The number of carboxylic acids is 1. The fourth-order valence-corrected chi connectivity index (χ4v) is 3.76. The molecule has 0 aromatic carbocycles. The Bertz CT molecular complexity index is 331. The van der Waals surface area contributed by atoms with Crippen LogP contribution in [0, 0.1) is 23.2 Å². The Morgan fingerprint density at radius 3 is 3.07 bits per heavy atom. The van der Waals surface area contributed by atoms with Crippen LogP contribution in [0.25, 0.3) is 0 Å². The summed E-state index contributed by atoms with van der Waals surface area (Å²) in [5, 5.41) is 9.24. The van der Waals surface area contributed by atoms with E-state index in [-0.39, 0.29) is 0 Å². The van der Waals surface area contributed by atoms with Gasteiger partial charge < -0.3 is 5.11 Å². The number of hydrogen-bond donors (Lipinski definition) is 1. The van der Waals surface area contributed by atoms with Crippen LogP contribution in [0.2, 0.25) is 0 Å². The predicted molar refractivity (Wildman–Crippen MR) is 52.8 cm³/mol. The summed E-state index contributed by atoms with van der Waals surface area (Å²) in [5.74, 6) is 1.70. The third-order valence-corrected chi connectivity index (χ3v) is 4.47. The smallest absolute Gasteiger partial charge is 0.313 e. The molecule has 2 fully saturated rings. The molecule has 2 bridgehead atoms. The molecule has 4 unspecified atom stereocenters. The van der Waals surface area contributed by atoms with Crippen molar-refractivity contribution in [1.29, 1.82) is 0 Å². The molecule has 4 atom stereocenters. The zero-order chi connectivity index (χ0) is 9.92. The van der Waals surface area contributed by atoms with Gasteiger partial charge in [-0.3, -0.25) is 4.79 Å². The van der Waals surface area contributed by atoms with Gasteiger partial charge in [-0.2, -0.15) is 0 Å². The van der Waals surface area contributed by atoms with Gasteiger partial charge in [0.2, 0.25) is 0 Å². The van der Waals surface area contributed by atoms with Crippen LogP contribution in [0.5, 0.6) is 0 Å². The summed E-state index contributed by atoms with van der Waals surface area (Å²) in [6, 6.07) is 0. The van der Waals surface area contributed by atoms with Crippen LogP contribution < -0.4 is 0 Å². The van der Waals surface area contributed by atoms with E-state index in [1.54, 1.807) is 0 Å². The molecule has 2 saturated carbocycles. The van der Waals surface area contributed by atoms with Crippen molar-refractivity contribution in [1.82, 2.24) is 0 Å². The third kappa shape index (κ3) is 0.943. The molecule has 3 aliphatic carbocycles. The molecule has 0 heterocycles. The second-order valence-electron chi connectivity index (χ2n) is 5.55. The predicted octanol–water partition coefficient (Wildman–Crippen LogP) is 2.45. The Hall–Kier alpha value is -0.790. The topological polar surface area (TPSA) is 37.3 Å². The van der Waals surface area contributed by atoms with Crippen LogP contribution in [0.3, 0.4) is 0 Å². The molecular weight excluding hydrogens is 176 g/mol. The number of fused-ring (bicyclic) bond motifs is 1. The summed E-state index contributed by atoms with van der Waals surface area (Å²) in [7, 11) is 0. The van der Waals surface area contributed by atoms with Gasteiger partial charge in [-0.1, -0.05) is 11.6 Å². The van der Waals surface area contributed by atoms with E-state index in [0.29, 0.717) is 5.92 Å². The summed E-state index contributed by atoms with van der Waals surface area (Å²) in [4.78, 5) is 11.2. The van der Waals surface area contributed by atoms with Gasteiger partial charge in [0, 0.05) is 0 Å². The molecule has 0 aromatic rings. The van der Waals surface area contributed by atoms with E-state index in [1.165, 1.54) is 24.8 Å². The normalized spacial score (nSPS) is 49.2. The minimum atomic E-state index is -0.638. The van der Waals surface area contributed by atoms with Gasteiger partial charge in [0.1, 0.15) is 0 Å². The monoisotopic (exact) mass is 192 g/mol. The van der Waals surface area contributed by atoms with Gasteiger partial charge in [-0.05, 0) is 50.4 Å². The van der Waals surface area contributed by atoms with Gasteiger partial charge in [0.25, 0.3) is 0 Å². The molecule has 2 nitrogen and oxygen atoms in total. The van der Waals surface area contributed by atoms with Crippen LogP contribution in [-0.2, 0) is 4.79 Å². The second-order valence-corrected chi connectivity index (χ2v) is 5.55. The largest absolute Gasteiger partial charge is 0.481 e. The Labute approximate surface area is 84.0 Å². The average molecular weight is 192 g/mol. The minimum Gasteiger partial charge on any atom is -0.481 e. The second kappa shape index (κ2) is 2.41. The van der Waals surface area contributed by atoms with Crippen LogP contribution in [-0.4, -0.2) is 11.1 Å². The zero-order valence-electron chi connectivity index (χ0n) is 8.49. The van der Waals surface area contributed by atoms with E-state index in [2.05, 4.69) is 6.08 Å². The van der Waals surface area contributed by atoms with Crippen molar-refractivity contribution in [2.24, 2.45) is 23.2 Å². The molecular formula is C12H16O2. The number of rotatable bonds is 1. The van der Waals surface area contributed by atoms with Crippen molar-refractivity contribution >= 4 is 5.97 Å². The highest BCUT2D eigenvalue weighted by Crippen LogP contribution is 2.58. The van der Waals surface area contributed by atoms with Gasteiger partial charge in [-0.15, -0.1) is 0 Å². The first-order chi connectivity index (χ1) is 6.58. The van der Waals surface area contributed by atoms with E-state index in [9.17, 15) is 9.90 Å². The standard InChI is InChI=1S/C12H16O2/c1-12(11(13)14)5-7-2-8-4-9(6-12)10(8)3-7/h6-8,10H,2-5H2,1H3,(H,13,14). The molecule has 0 radical (unpaired) electrons. The summed E-state index contributed by atoms with van der Waals surface area (Å²) in [6.45, 7) is 1.89. The molecule has 0 aromatic heterocycles. The van der Waals surface area contributed by atoms with E-state index in [1.807, 2.05) is 6.92 Å². The van der Waals surface area contributed by atoms with Gasteiger partial charge in [0.05, 0.1) is 5.41 Å². The SMILES string of the molecule is CC1(C(=O)O)C=C2CC3CC(CC23)C1. The lowest BCUT2D eigenvalue weighted by molar-refractivity contribution is -0.146. The third-order valence-electron chi connectivity index (χ3n) is 4.47. The van der Waals surface area contributed by atoms with Gasteiger partial charge in [-0.25, -0.2) is 0 Å². The molecule has 76 valence electrons. The van der Waals surface area contributed by atoms with E-state index >= 15 is 0 Å². The first-order valence-corrected chi connectivity index (χ1v) is 5.53. The Balaban J connectivity index is 2.00. The summed E-state index contributed by atoms with van der Waals surface area (Å²) in [5.41, 5.74) is 0.875. The molecule has 0 saturated heterocycles. The lowest BCUT2D eigenvalue weighted by Crippen LogP contribution is -2.31. The zero-order valence-corrected chi connectivity index (χ0v) is 8.49. The number of allylic oxidation sites excluding steroid dienone is 1. The Morgan fingerprint density at radius 2 is 2.36 bits per heavy atom. The fraction of sp³-hybridized carbons (Fsp3) is 0.750. The average Bonchev–Trinajstić information content (AvgIpc) is 2.31. The number of hydrogen-bond acceptors (Lipinski definition) is 1. The summed E-state index contributed by atoms with van der Waals surface area (Å²) < 4.78 is 0. The fourth-order valence-electron chi connectivity index (χ4n) is 3.76. The summed E-state index contributed by atoms with van der Waals surface area (Å²) in [6.07, 6.45) is 6.66. The Kier molecular flexibility index (Phi) is 1.47. The molecule has 0 spiro atoms. The van der Waals surface area contributed by atoms with Gasteiger partial charge >= 0.3 is 5.97 Å². The number of carbonyl (C=O) groups is 1. The van der Waals surface area contributed by atoms with Crippen molar-refractivity contribution in [3.05, 3.63) is 11.6 Å². The first-order valence-electron chi connectivity index (χ1n) is 5.53. The highest BCUT2D eigenvalue weighted by atomic mass is 16.4. The van der Waals surface area contributed by atoms with E-state index < -0.39 is 11.4 Å². The van der Waals surface area contributed by atoms with Crippen molar-refractivity contribution < 1.29 is 9.90 Å². The molecule has 14 heavy (non-hydrogen) atoms. The van der Waals surface area contributed by atoms with E-state index in [4.69, 9.17) is 0 Å². The molecule has 3 rings (SSSR count). The van der Waals surface area contributed by atoms with Crippen LogP contribution in [0.4, 0.5) is 0 Å². The van der Waals surface area contributed by atoms with Crippen LogP contribution in [0.1, 0.15) is 32.6 Å². The highest BCUT2D eigenvalue weighted by molar-refractivity contribution is 5.77. The molecule has 3 aliphatic rings. The quantitative estimate of drug-likeness (QED) is 0.648. The van der Waals surface area contributed by atoms with Crippen LogP contribution in [0.15, 0.2) is 11.6 Å². The number of carboxylic acid groups (broad SMARTS) is 1. The molecule has 2 heteroatoms. The maximum atomic E-state index is 11.2. The van der Waals surface area contributed by atoms with E-state index in [0.717, 1.165) is 18.3 Å². The van der Waals surface area contributed by atoms with Crippen molar-refractivity contribution in [3.63, 3.8) is 0 Å². The molecule has 0 aliphatic heterocycles. The lowest BCUT2D eigenvalue weighted by atomic mass is 9.68. The van der Waals surface area contributed by atoms with Crippen molar-refractivity contribution in [3.8, 4) is 0 Å². The van der Waals surface area contributed by atoms with Crippen LogP contribution >= 0.6 is 0 Å². The molecule has 0 amide bonds. The van der Waals surface area contributed by atoms with Crippen molar-refractivity contribution in [2.75, 3.05) is 0 Å². The maximum Gasteiger partial charge on any atom is 0.313 e. The van der Waals surface area contributed by atoms with Gasteiger partial charge in [0.15, 0.2) is 0 Å². The number of aliphatic carboxylic acids is 1. The lowest BCUT2D eigenvalue weighted by Gasteiger charge is -2.37. The highest BCUT2D eigenvalue weighted by Gasteiger charge is 2.50. The first kappa shape index (κ1) is 8.51. The molecule has 1 N–H and O–H groups in total. The summed E-state index contributed by atoms with van der Waals surface area (Å²) >= 11 is 0.